The molecule has 0 rings (SSSR count). The predicted octanol–water partition coefficient (Wildman–Crippen LogP) is -0.0622. The molecule has 1 amide bonds. The molecule has 0 aromatic rings. The van der Waals surface area contributed by atoms with E-state index in [4.69, 9.17) is 5.11 Å². The number of carboxylic acid groups (broad SMARTS) is 1. The highest BCUT2D eigenvalue weighted by atomic mass is 16.4. The Labute approximate surface area is 59.4 Å². The van der Waals surface area contributed by atoms with Crippen molar-refractivity contribution >= 4 is 12.4 Å². The maximum absolute atomic E-state index is 10.3. The molecule has 10 heavy (non-hydrogen) atoms. The summed E-state index contributed by atoms with van der Waals surface area (Å²) in [6.45, 7) is 1.72. The summed E-state index contributed by atoms with van der Waals surface area (Å²) in [5, 5.41) is 8.47. The third kappa shape index (κ3) is 2.05. The summed E-state index contributed by atoms with van der Waals surface area (Å²) in [4.78, 5) is 21.5. The van der Waals surface area contributed by atoms with E-state index in [-0.39, 0.29) is 0 Å². The lowest BCUT2D eigenvalue weighted by Crippen LogP contribution is -2.36. The maximum Gasteiger partial charge on any atom is 0.326 e. The number of nitrogens with zero attached hydrogens (tertiary/aromatic N) is 1. The van der Waals surface area contributed by atoms with Gasteiger partial charge in [0.15, 0.2) is 0 Å². The molecular weight excluding hydrogens is 134 g/mol. The summed E-state index contributed by atoms with van der Waals surface area (Å²) < 4.78 is 0. The summed E-state index contributed by atoms with van der Waals surface area (Å²) in [6, 6.07) is -0.683. The van der Waals surface area contributed by atoms with E-state index in [2.05, 4.69) is 0 Å². The Morgan fingerprint density at radius 1 is 1.80 bits per heavy atom. The van der Waals surface area contributed by atoms with E-state index < -0.39 is 12.0 Å². The van der Waals surface area contributed by atoms with Crippen molar-refractivity contribution in [2.75, 3.05) is 7.05 Å². The Morgan fingerprint density at radius 3 is 2.40 bits per heavy atom. The van der Waals surface area contributed by atoms with Crippen LogP contribution in [0.5, 0.6) is 0 Å². The number of aliphatic carboxylic acids is 1. The molecule has 0 saturated heterocycles. The van der Waals surface area contributed by atoms with Crippen LogP contribution in [0.25, 0.3) is 0 Å². The molecule has 0 bridgehead atoms. The average molecular weight is 145 g/mol. The molecule has 0 saturated carbocycles. The van der Waals surface area contributed by atoms with Gasteiger partial charge in [0.2, 0.25) is 6.41 Å². The fourth-order valence-electron chi connectivity index (χ4n) is 0.710. The first kappa shape index (κ1) is 8.94. The summed E-state index contributed by atoms with van der Waals surface area (Å²) in [5.41, 5.74) is 0. The van der Waals surface area contributed by atoms with Gasteiger partial charge in [0.25, 0.3) is 0 Å². The summed E-state index contributed by atoms with van der Waals surface area (Å²) in [7, 11) is 1.45. The van der Waals surface area contributed by atoms with Crippen LogP contribution in [0.4, 0.5) is 0 Å². The predicted molar refractivity (Wildman–Crippen MR) is 35.5 cm³/mol. The van der Waals surface area contributed by atoms with Gasteiger partial charge in [0.05, 0.1) is 0 Å². The van der Waals surface area contributed by atoms with Crippen molar-refractivity contribution in [3.8, 4) is 0 Å². The smallest absolute Gasteiger partial charge is 0.326 e. The third-order valence-corrected chi connectivity index (χ3v) is 1.33. The van der Waals surface area contributed by atoms with E-state index in [0.717, 1.165) is 4.90 Å². The molecule has 58 valence electrons. The fraction of sp³-hybridized carbons (Fsp3) is 0.667. The number of carboxylic acids is 1. The van der Waals surface area contributed by atoms with Gasteiger partial charge in [-0.25, -0.2) is 4.79 Å². The van der Waals surface area contributed by atoms with Crippen LogP contribution in [-0.2, 0) is 9.59 Å². The number of carbonyl (C=O) groups is 2. The molecule has 0 aromatic carbocycles. The van der Waals surface area contributed by atoms with Crippen molar-refractivity contribution in [1.29, 1.82) is 0 Å². The van der Waals surface area contributed by atoms with Crippen molar-refractivity contribution in [1.82, 2.24) is 4.90 Å². The van der Waals surface area contributed by atoms with E-state index >= 15 is 0 Å². The first-order chi connectivity index (χ1) is 4.63. The topological polar surface area (TPSA) is 57.6 Å². The normalized spacial score (nSPS) is 12.2. The van der Waals surface area contributed by atoms with Crippen LogP contribution in [0.15, 0.2) is 0 Å². The van der Waals surface area contributed by atoms with Gasteiger partial charge in [0.1, 0.15) is 6.04 Å². The lowest BCUT2D eigenvalue weighted by Gasteiger charge is -2.17. The van der Waals surface area contributed by atoms with E-state index in [1.165, 1.54) is 7.05 Å². The molecule has 0 aliphatic carbocycles. The number of hydrogen-bond donors (Lipinski definition) is 1. The number of carbonyl (C=O) groups excluding carboxylic acids is 1. The number of likely N-dealkylation sites (N-methyl/N-ethyl adjacent to an activating group) is 1. The van der Waals surface area contributed by atoms with Crippen LogP contribution >= 0.6 is 0 Å². The SMILES string of the molecule is CCC(C(=O)O)N(C)C=O. The van der Waals surface area contributed by atoms with Crippen LogP contribution in [0.3, 0.4) is 0 Å². The zero-order valence-corrected chi connectivity index (χ0v) is 6.07. The zero-order valence-electron chi connectivity index (χ0n) is 6.07. The maximum atomic E-state index is 10.3. The minimum atomic E-state index is -0.961. The van der Waals surface area contributed by atoms with E-state index in [0.29, 0.717) is 12.8 Å². The summed E-state index contributed by atoms with van der Waals surface area (Å²) in [6.07, 6.45) is 0.951. The molecule has 4 heteroatoms. The Kier molecular flexibility index (Phi) is 3.46. The van der Waals surface area contributed by atoms with Gasteiger partial charge in [0, 0.05) is 7.05 Å². The molecule has 0 spiro atoms. The van der Waals surface area contributed by atoms with Gasteiger partial charge in [-0.3, -0.25) is 4.79 Å². The second kappa shape index (κ2) is 3.87. The molecule has 0 aromatic heterocycles. The van der Waals surface area contributed by atoms with Crippen LogP contribution in [0.2, 0.25) is 0 Å². The minimum Gasteiger partial charge on any atom is -0.480 e. The molecule has 0 fully saturated rings. The molecule has 0 aliphatic rings. The minimum absolute atomic E-state index is 0.435. The van der Waals surface area contributed by atoms with Crippen molar-refractivity contribution in [3.05, 3.63) is 0 Å². The highest BCUT2D eigenvalue weighted by Gasteiger charge is 2.18. The summed E-state index contributed by atoms with van der Waals surface area (Å²) in [5.74, 6) is -0.961. The van der Waals surface area contributed by atoms with Crippen LogP contribution in [-0.4, -0.2) is 35.5 Å². The Morgan fingerprint density at radius 2 is 2.30 bits per heavy atom. The molecule has 0 radical (unpaired) electrons. The molecule has 1 unspecified atom stereocenters. The Balaban J connectivity index is 4.05. The monoisotopic (exact) mass is 145 g/mol. The lowest BCUT2D eigenvalue weighted by atomic mass is 10.2. The van der Waals surface area contributed by atoms with Crippen molar-refractivity contribution in [2.24, 2.45) is 0 Å². The molecular formula is C6H11NO3. The molecule has 1 N–H and O–H groups in total. The zero-order chi connectivity index (χ0) is 8.15. The first-order valence-corrected chi connectivity index (χ1v) is 3.03. The van der Waals surface area contributed by atoms with E-state index in [1.807, 2.05) is 0 Å². The number of hydrogen-bond acceptors (Lipinski definition) is 2. The van der Waals surface area contributed by atoms with Gasteiger partial charge >= 0.3 is 5.97 Å². The van der Waals surface area contributed by atoms with Crippen LogP contribution in [0, 0.1) is 0 Å². The highest BCUT2D eigenvalue weighted by Crippen LogP contribution is 1.97. The third-order valence-electron chi connectivity index (χ3n) is 1.33. The van der Waals surface area contributed by atoms with Crippen LogP contribution < -0.4 is 0 Å². The number of amides is 1. The van der Waals surface area contributed by atoms with Gasteiger partial charge in [-0.05, 0) is 6.42 Å². The highest BCUT2D eigenvalue weighted by molar-refractivity contribution is 5.75. The van der Waals surface area contributed by atoms with Crippen molar-refractivity contribution in [2.45, 2.75) is 19.4 Å². The van der Waals surface area contributed by atoms with Gasteiger partial charge in [-0.15, -0.1) is 0 Å². The van der Waals surface area contributed by atoms with Crippen molar-refractivity contribution in [3.63, 3.8) is 0 Å². The Bertz CT molecular complexity index is 135. The summed E-state index contributed by atoms with van der Waals surface area (Å²) >= 11 is 0. The largest absolute Gasteiger partial charge is 0.480 e. The Hall–Kier alpha value is -1.06. The standard InChI is InChI=1S/C6H11NO3/c1-3-5(6(9)10)7(2)4-8/h4-5H,3H2,1-2H3,(H,9,10). The van der Waals surface area contributed by atoms with Crippen molar-refractivity contribution < 1.29 is 14.7 Å². The van der Waals surface area contributed by atoms with Gasteiger partial charge in [-0.2, -0.15) is 0 Å². The van der Waals surface area contributed by atoms with Gasteiger partial charge in [-0.1, -0.05) is 6.92 Å². The average Bonchev–Trinajstić information content (AvgIpc) is 1.88. The van der Waals surface area contributed by atoms with E-state index in [1.54, 1.807) is 6.92 Å². The molecule has 1 atom stereocenters. The molecule has 0 aliphatic heterocycles. The molecule has 4 nitrogen and oxygen atoms in total. The molecule has 0 heterocycles. The van der Waals surface area contributed by atoms with Crippen LogP contribution in [0.1, 0.15) is 13.3 Å². The second-order valence-electron chi connectivity index (χ2n) is 2.03. The fourth-order valence-corrected chi connectivity index (χ4v) is 0.710. The first-order valence-electron chi connectivity index (χ1n) is 3.03. The van der Waals surface area contributed by atoms with E-state index in [9.17, 15) is 9.59 Å². The van der Waals surface area contributed by atoms with Gasteiger partial charge < -0.3 is 10.0 Å². The lowest BCUT2D eigenvalue weighted by molar-refractivity contribution is -0.145. The second-order valence-corrected chi connectivity index (χ2v) is 2.03. The quantitative estimate of drug-likeness (QED) is 0.564. The number of rotatable bonds is 4.